The van der Waals surface area contributed by atoms with E-state index in [1.807, 2.05) is 121 Å². The fourth-order valence-corrected chi connectivity index (χ4v) is 15.7. The Labute approximate surface area is 551 Å². The van der Waals surface area contributed by atoms with Crippen molar-refractivity contribution in [3.8, 4) is 85.1 Å². The minimum absolute atomic E-state index is 0. The molecule has 0 bridgehead atoms. The van der Waals surface area contributed by atoms with Crippen LogP contribution in [0.3, 0.4) is 0 Å². The summed E-state index contributed by atoms with van der Waals surface area (Å²) in [7, 11) is -8.98. The third kappa shape index (κ3) is 15.7. The molecule has 3 aliphatic rings. The van der Waals surface area contributed by atoms with Gasteiger partial charge in [-0.1, -0.05) is 141 Å². The van der Waals surface area contributed by atoms with E-state index in [2.05, 4.69) is 0 Å². The molecular weight excluding hydrogens is 1300 g/mol. The summed E-state index contributed by atoms with van der Waals surface area (Å²) >= 11 is 10.4. The standard InChI is InChI=1S/C20H14O6.C18H13O4P.2C13H11O2P.C8H4Cl2O2.CH4/c21-15-4-8-17(9-5-15)25-19(23)13-2-1-3-14(12-13)20(24)26-18-10-6-16(22)7-11-18;19-12-9-10-15(20)18(11-12)23(21)17-8-4-2-6-14(17)13-5-1-3-7-16(13)22-23;2*1-16(14)13-9-5-3-7-11(13)10-6-2-4-8-12(10)15-16;9-7(11)5-2-1-3-6(4-5)8(10)12;/h1-12,21-22H;1-11,19-20H;2*2-9H,1H3;1-4H;1H4. The molecule has 474 valence electrons. The number of rotatable bonds is 7. The predicted octanol–water partition coefficient (Wildman–Crippen LogP) is 16.6. The molecule has 4 N–H and O–H groups in total. The van der Waals surface area contributed by atoms with Crippen LogP contribution >= 0.6 is 45.3 Å². The monoisotopic (exact) mass is 1350 g/mol. The van der Waals surface area contributed by atoms with Crippen LogP contribution in [0.2, 0.25) is 0 Å². The molecule has 11 aromatic carbocycles. The largest absolute Gasteiger partial charge is 0.508 e. The molecule has 0 fully saturated rings. The Bertz CT molecular complexity index is 4590. The first-order valence-corrected chi connectivity index (χ1v) is 34.7. The number of halogens is 2. The normalized spacial score (nSPS) is 16.0. The summed E-state index contributed by atoms with van der Waals surface area (Å²) in [5, 5.41) is 39.4. The van der Waals surface area contributed by atoms with Gasteiger partial charge in [0.15, 0.2) is 0 Å². The first-order valence-electron chi connectivity index (χ1n) is 28.1. The van der Waals surface area contributed by atoms with Gasteiger partial charge in [0.25, 0.3) is 25.2 Å². The van der Waals surface area contributed by atoms with E-state index in [0.29, 0.717) is 22.6 Å². The van der Waals surface area contributed by atoms with E-state index >= 15 is 0 Å². The molecule has 94 heavy (non-hydrogen) atoms. The predicted molar refractivity (Wildman–Crippen MR) is 367 cm³/mol. The number of benzene rings is 11. The van der Waals surface area contributed by atoms with E-state index in [4.69, 9.17) is 46.2 Å². The lowest BCUT2D eigenvalue weighted by atomic mass is 10.0. The number of carbonyl (C=O) groups excluding carboxylic acids is 4. The van der Waals surface area contributed by atoms with Crippen molar-refractivity contribution in [2.75, 3.05) is 13.3 Å². The molecule has 14 rings (SSSR count). The summed E-state index contributed by atoms with van der Waals surface area (Å²) in [5.74, 6) is 1.05. The Morgan fingerprint density at radius 3 is 1.06 bits per heavy atom. The molecule has 0 amide bonds. The number of fused-ring (bicyclic) bond motifs is 9. The molecule has 0 spiro atoms. The highest BCUT2D eigenvalue weighted by molar-refractivity contribution is 7.75. The summed E-state index contributed by atoms with van der Waals surface area (Å²) in [5.41, 5.74) is 6.64. The van der Waals surface area contributed by atoms with Gasteiger partial charge in [0.2, 0.25) is 0 Å². The highest BCUT2D eigenvalue weighted by Crippen LogP contribution is 2.56. The van der Waals surface area contributed by atoms with E-state index in [0.717, 1.165) is 44.0 Å². The van der Waals surface area contributed by atoms with E-state index in [1.54, 1.807) is 49.7 Å². The third-order valence-corrected chi connectivity index (χ3v) is 20.8. The van der Waals surface area contributed by atoms with Crippen LogP contribution in [0.4, 0.5) is 0 Å². The number of carbonyl (C=O) groups is 4. The van der Waals surface area contributed by atoms with E-state index < -0.39 is 44.5 Å². The number of phenols is 4. The minimum atomic E-state index is -3.56. The summed E-state index contributed by atoms with van der Waals surface area (Å²) in [6.45, 7) is 3.34. The zero-order chi connectivity index (χ0) is 66.0. The van der Waals surface area contributed by atoms with Gasteiger partial charge in [0.05, 0.1) is 32.3 Å². The van der Waals surface area contributed by atoms with Crippen molar-refractivity contribution in [3.05, 3.63) is 283 Å². The molecule has 0 saturated heterocycles. The van der Waals surface area contributed by atoms with E-state index in [9.17, 15) is 53.3 Å². The van der Waals surface area contributed by atoms with E-state index in [1.165, 1.54) is 103 Å². The number of hydrogen-bond acceptors (Lipinski definition) is 16. The second kappa shape index (κ2) is 29.5. The van der Waals surface area contributed by atoms with Gasteiger partial charge in [0, 0.05) is 41.1 Å². The molecule has 0 radical (unpaired) electrons. The average molecular weight is 1350 g/mol. The molecule has 3 atom stereocenters. The molecule has 21 heteroatoms. The molecule has 3 unspecified atom stereocenters. The smallest absolute Gasteiger partial charge is 0.343 e. The molecule has 3 heterocycles. The van der Waals surface area contributed by atoms with Crippen LogP contribution in [0.5, 0.6) is 51.7 Å². The van der Waals surface area contributed by atoms with Crippen LogP contribution in [0, 0.1) is 0 Å². The number of aromatic hydroxyl groups is 4. The van der Waals surface area contributed by atoms with Gasteiger partial charge in [-0.3, -0.25) is 23.3 Å². The van der Waals surface area contributed by atoms with Crippen molar-refractivity contribution in [1.29, 1.82) is 0 Å². The first kappa shape index (κ1) is 67.9. The maximum absolute atomic E-state index is 13.7. The zero-order valence-electron chi connectivity index (χ0n) is 49.1. The van der Waals surface area contributed by atoms with E-state index in [-0.39, 0.29) is 69.5 Å². The Balaban J connectivity index is 0.000000141. The van der Waals surface area contributed by atoms with Gasteiger partial charge in [-0.05, 0) is 167 Å². The van der Waals surface area contributed by atoms with Crippen molar-refractivity contribution >= 4 is 88.9 Å². The van der Waals surface area contributed by atoms with Crippen molar-refractivity contribution in [2.24, 2.45) is 0 Å². The molecular formula is C73H57Cl2O16P3. The molecule has 0 aliphatic carbocycles. The SMILES string of the molecule is C.CP1(=O)Oc2ccccc2-c2ccccc21.CP1(=O)Oc2ccccc2-c2ccccc21.O=C(Cl)c1cccc(C(=O)Cl)c1.O=C(Oc1ccc(O)cc1)c1cccc(C(=O)Oc2ccc(O)cc2)c1.O=P1(c2cc(O)ccc2O)Oc2ccccc2-c2ccccc21. The van der Waals surface area contributed by atoms with Crippen LogP contribution in [-0.2, 0) is 13.7 Å². The van der Waals surface area contributed by atoms with Crippen LogP contribution in [0.1, 0.15) is 48.9 Å². The quantitative estimate of drug-likeness (QED) is 0.0381. The lowest BCUT2D eigenvalue weighted by molar-refractivity contribution is 0.0733. The summed E-state index contributed by atoms with van der Waals surface area (Å²) in [6.07, 6.45) is 0. The molecule has 0 saturated carbocycles. The molecule has 16 nitrogen and oxygen atoms in total. The topological polar surface area (TPSA) is 247 Å². The number of esters is 2. The minimum Gasteiger partial charge on any atom is -0.508 e. The highest BCUT2D eigenvalue weighted by Gasteiger charge is 2.40. The third-order valence-electron chi connectivity index (χ3n) is 14.2. The number of para-hydroxylation sites is 3. The summed E-state index contributed by atoms with van der Waals surface area (Å²) in [6, 6.07) is 72.7. The number of ether oxygens (including phenoxy) is 2. The number of phenolic OH excluding ortho intramolecular Hbond substituents is 4. The Morgan fingerprint density at radius 1 is 0.340 bits per heavy atom. The Kier molecular flexibility index (Phi) is 21.3. The van der Waals surface area contributed by atoms with Crippen LogP contribution < -0.4 is 44.3 Å². The molecule has 3 aliphatic heterocycles. The Morgan fingerprint density at radius 2 is 0.660 bits per heavy atom. The van der Waals surface area contributed by atoms with Crippen molar-refractivity contribution in [1.82, 2.24) is 0 Å². The second-order valence-electron chi connectivity index (χ2n) is 20.7. The van der Waals surface area contributed by atoms with Crippen molar-refractivity contribution in [2.45, 2.75) is 7.43 Å². The van der Waals surface area contributed by atoms with Crippen molar-refractivity contribution in [3.63, 3.8) is 0 Å². The first-order chi connectivity index (χ1) is 44.6. The lowest BCUT2D eigenvalue weighted by Crippen LogP contribution is -2.25. The number of hydrogen-bond donors (Lipinski definition) is 4. The fraction of sp³-hybridized carbons (Fsp3) is 0.0411. The van der Waals surface area contributed by atoms with Gasteiger partial charge in [-0.2, -0.15) is 0 Å². The lowest BCUT2D eigenvalue weighted by Gasteiger charge is -2.29. The average Bonchev–Trinajstić information content (AvgIpc) is 0.738. The van der Waals surface area contributed by atoms with Gasteiger partial charge in [-0.15, -0.1) is 0 Å². The highest BCUT2D eigenvalue weighted by atomic mass is 35.5. The van der Waals surface area contributed by atoms with Gasteiger partial charge in [0.1, 0.15) is 51.7 Å². The summed E-state index contributed by atoms with van der Waals surface area (Å²) in [4.78, 5) is 45.7. The zero-order valence-corrected chi connectivity index (χ0v) is 53.3. The molecule has 0 aromatic heterocycles. The van der Waals surface area contributed by atoms with Crippen LogP contribution in [-0.4, -0.2) is 56.2 Å². The van der Waals surface area contributed by atoms with Gasteiger partial charge < -0.3 is 43.5 Å². The van der Waals surface area contributed by atoms with Crippen LogP contribution in [0.15, 0.2) is 261 Å². The maximum atomic E-state index is 13.7. The van der Waals surface area contributed by atoms with Crippen molar-refractivity contribution < 1.29 is 76.3 Å². The Hall–Kier alpha value is -10.4. The van der Waals surface area contributed by atoms with Gasteiger partial charge in [-0.25, -0.2) is 9.59 Å². The fourth-order valence-electron chi connectivity index (χ4n) is 9.86. The van der Waals surface area contributed by atoms with Gasteiger partial charge >= 0.3 is 19.3 Å². The second-order valence-corrected chi connectivity index (χ2v) is 28.4. The maximum Gasteiger partial charge on any atom is 0.343 e. The van der Waals surface area contributed by atoms with Crippen LogP contribution in [0.25, 0.3) is 33.4 Å². The molecule has 11 aromatic rings. The summed E-state index contributed by atoms with van der Waals surface area (Å²) < 4.78 is 65.9.